The molecule has 0 aliphatic rings. The SMILES string of the molecule is C/C=C\C=C/c1cccc2sc3c(-c4cccc(NC(N)c5ccccc5)c4)cccc3c12. The summed E-state index contributed by atoms with van der Waals surface area (Å²) in [6.07, 6.45) is 8.15. The van der Waals surface area contributed by atoms with E-state index in [9.17, 15) is 0 Å². The van der Waals surface area contributed by atoms with E-state index in [1.807, 2.05) is 54.7 Å². The molecule has 5 rings (SSSR count). The van der Waals surface area contributed by atoms with E-state index in [0.717, 1.165) is 11.3 Å². The van der Waals surface area contributed by atoms with Gasteiger partial charge in [-0.1, -0.05) is 97.1 Å². The van der Waals surface area contributed by atoms with Crippen molar-refractivity contribution in [3.63, 3.8) is 0 Å². The Labute approximate surface area is 198 Å². The van der Waals surface area contributed by atoms with Gasteiger partial charge in [0.1, 0.15) is 6.17 Å². The van der Waals surface area contributed by atoms with Crippen molar-refractivity contribution in [2.24, 2.45) is 5.73 Å². The number of rotatable bonds is 6. The van der Waals surface area contributed by atoms with Crippen molar-refractivity contribution in [2.75, 3.05) is 5.32 Å². The molecule has 0 saturated carbocycles. The summed E-state index contributed by atoms with van der Waals surface area (Å²) < 4.78 is 2.62. The fraction of sp³-hybridized carbons (Fsp3) is 0.0667. The van der Waals surface area contributed by atoms with Crippen LogP contribution < -0.4 is 11.1 Å². The Morgan fingerprint density at radius 3 is 2.52 bits per heavy atom. The topological polar surface area (TPSA) is 38.0 Å². The molecule has 0 spiro atoms. The normalized spacial score (nSPS) is 12.8. The van der Waals surface area contributed by atoms with Gasteiger partial charge in [0.05, 0.1) is 0 Å². The number of nitrogens with one attached hydrogen (secondary N) is 1. The van der Waals surface area contributed by atoms with Crippen LogP contribution in [0.15, 0.2) is 109 Å². The number of nitrogens with two attached hydrogens (primary N) is 1. The van der Waals surface area contributed by atoms with Crippen molar-refractivity contribution in [1.82, 2.24) is 0 Å². The fourth-order valence-electron chi connectivity index (χ4n) is 4.21. The molecule has 4 aromatic carbocycles. The summed E-state index contributed by atoms with van der Waals surface area (Å²) in [4.78, 5) is 0. The van der Waals surface area contributed by atoms with Gasteiger partial charge >= 0.3 is 0 Å². The lowest BCUT2D eigenvalue weighted by Gasteiger charge is -2.16. The molecule has 0 aliphatic carbocycles. The van der Waals surface area contributed by atoms with Gasteiger partial charge in [-0.15, -0.1) is 11.3 Å². The third-order valence-corrected chi connectivity index (χ3v) is 6.99. The van der Waals surface area contributed by atoms with Crippen molar-refractivity contribution < 1.29 is 0 Å². The zero-order valence-electron chi connectivity index (χ0n) is 18.5. The van der Waals surface area contributed by atoms with Crippen LogP contribution in [0, 0.1) is 0 Å². The molecule has 162 valence electrons. The first-order valence-corrected chi connectivity index (χ1v) is 12.0. The smallest absolute Gasteiger partial charge is 0.101 e. The number of anilines is 1. The van der Waals surface area contributed by atoms with Gasteiger partial charge in [-0.2, -0.15) is 0 Å². The van der Waals surface area contributed by atoms with Gasteiger partial charge in [-0.25, -0.2) is 0 Å². The van der Waals surface area contributed by atoms with Crippen LogP contribution in [0.5, 0.6) is 0 Å². The molecule has 0 aliphatic heterocycles. The number of thiophene rings is 1. The largest absolute Gasteiger partial charge is 0.366 e. The van der Waals surface area contributed by atoms with Crippen molar-refractivity contribution >= 4 is 43.3 Å². The molecule has 1 heterocycles. The third-order valence-electron chi connectivity index (χ3n) is 5.79. The lowest BCUT2D eigenvalue weighted by atomic mass is 10.00. The Kier molecular flexibility index (Phi) is 6.07. The summed E-state index contributed by atoms with van der Waals surface area (Å²) in [5.41, 5.74) is 12.2. The van der Waals surface area contributed by atoms with Crippen molar-refractivity contribution in [2.45, 2.75) is 13.1 Å². The third kappa shape index (κ3) is 4.34. The Morgan fingerprint density at radius 1 is 0.848 bits per heavy atom. The van der Waals surface area contributed by atoms with Gasteiger partial charge in [-0.05, 0) is 47.4 Å². The molecule has 3 heteroatoms. The van der Waals surface area contributed by atoms with Gasteiger partial charge < -0.3 is 11.1 Å². The highest BCUT2D eigenvalue weighted by Gasteiger charge is 2.13. The molecule has 5 aromatic rings. The van der Waals surface area contributed by atoms with Crippen LogP contribution in [0.3, 0.4) is 0 Å². The average Bonchev–Trinajstić information content (AvgIpc) is 3.24. The summed E-state index contributed by atoms with van der Waals surface area (Å²) in [5.74, 6) is 0. The molecule has 0 fully saturated rings. The number of benzene rings is 4. The Hall–Kier alpha value is -3.66. The first kappa shape index (κ1) is 21.2. The molecule has 0 saturated heterocycles. The van der Waals surface area contributed by atoms with Gasteiger partial charge in [0, 0.05) is 25.9 Å². The van der Waals surface area contributed by atoms with Gasteiger partial charge in [0.25, 0.3) is 0 Å². The zero-order valence-corrected chi connectivity index (χ0v) is 19.3. The summed E-state index contributed by atoms with van der Waals surface area (Å²) in [6, 6.07) is 31.8. The number of hydrogen-bond donors (Lipinski definition) is 2. The van der Waals surface area contributed by atoms with E-state index in [-0.39, 0.29) is 6.17 Å². The minimum Gasteiger partial charge on any atom is -0.366 e. The molecular formula is C30H26N2S. The van der Waals surface area contributed by atoms with E-state index in [0.29, 0.717) is 0 Å². The van der Waals surface area contributed by atoms with Gasteiger partial charge in [0.15, 0.2) is 0 Å². The van der Waals surface area contributed by atoms with E-state index in [1.54, 1.807) is 0 Å². The zero-order chi connectivity index (χ0) is 22.6. The molecule has 1 atom stereocenters. The Balaban J connectivity index is 1.56. The maximum atomic E-state index is 6.40. The summed E-state index contributed by atoms with van der Waals surface area (Å²) in [7, 11) is 0. The second-order valence-electron chi connectivity index (χ2n) is 8.00. The maximum absolute atomic E-state index is 6.40. The quantitative estimate of drug-likeness (QED) is 0.203. The molecular weight excluding hydrogens is 420 g/mol. The summed E-state index contributed by atoms with van der Waals surface area (Å²) in [6.45, 7) is 2.03. The van der Waals surface area contributed by atoms with E-state index >= 15 is 0 Å². The van der Waals surface area contributed by atoms with Gasteiger partial charge in [-0.3, -0.25) is 0 Å². The number of hydrogen-bond acceptors (Lipinski definition) is 3. The van der Waals surface area contributed by atoms with Crippen LogP contribution in [0.1, 0.15) is 24.2 Å². The molecule has 0 radical (unpaired) electrons. The predicted octanol–water partition coefficient (Wildman–Crippen LogP) is 8.38. The van der Waals surface area contributed by atoms with Crippen molar-refractivity contribution in [3.05, 3.63) is 120 Å². The maximum Gasteiger partial charge on any atom is 0.101 e. The van der Waals surface area contributed by atoms with Crippen LogP contribution in [-0.4, -0.2) is 0 Å². The summed E-state index contributed by atoms with van der Waals surface area (Å²) >= 11 is 1.86. The monoisotopic (exact) mass is 446 g/mol. The van der Waals surface area contributed by atoms with E-state index in [4.69, 9.17) is 5.73 Å². The molecule has 1 aromatic heterocycles. The highest BCUT2D eigenvalue weighted by molar-refractivity contribution is 7.26. The van der Waals surface area contributed by atoms with Gasteiger partial charge in [0.2, 0.25) is 0 Å². The average molecular weight is 447 g/mol. The summed E-state index contributed by atoms with van der Waals surface area (Å²) in [5, 5.41) is 6.06. The Morgan fingerprint density at radius 2 is 1.67 bits per heavy atom. The van der Waals surface area contributed by atoms with Crippen LogP contribution in [0.25, 0.3) is 37.4 Å². The second kappa shape index (κ2) is 9.45. The lowest BCUT2D eigenvalue weighted by Crippen LogP contribution is -2.19. The standard InChI is InChI=1S/C30H26N2S/c1-2-3-5-11-21-14-9-19-27-28(21)26-18-10-17-25(29(26)33-27)23-15-8-16-24(20-23)32-30(31)22-12-6-4-7-13-22/h2-20,30,32H,31H2,1H3/b3-2-,11-5-. The first-order valence-electron chi connectivity index (χ1n) is 11.2. The van der Waals surface area contributed by atoms with E-state index < -0.39 is 0 Å². The van der Waals surface area contributed by atoms with Crippen LogP contribution in [0.4, 0.5) is 5.69 Å². The molecule has 0 bridgehead atoms. The minimum atomic E-state index is -0.256. The van der Waals surface area contributed by atoms with E-state index in [2.05, 4.69) is 84.2 Å². The van der Waals surface area contributed by atoms with Crippen molar-refractivity contribution in [3.8, 4) is 11.1 Å². The lowest BCUT2D eigenvalue weighted by molar-refractivity contribution is 0.836. The van der Waals surface area contributed by atoms with Crippen molar-refractivity contribution in [1.29, 1.82) is 0 Å². The predicted molar refractivity (Wildman–Crippen MR) is 146 cm³/mol. The molecule has 1 unspecified atom stereocenters. The first-order chi connectivity index (χ1) is 16.2. The fourth-order valence-corrected chi connectivity index (χ4v) is 5.48. The molecule has 33 heavy (non-hydrogen) atoms. The molecule has 3 N–H and O–H groups in total. The highest BCUT2D eigenvalue weighted by Crippen LogP contribution is 2.41. The van der Waals surface area contributed by atoms with E-state index in [1.165, 1.54) is 36.9 Å². The molecule has 2 nitrogen and oxygen atoms in total. The number of allylic oxidation sites excluding steroid dienone is 3. The van der Waals surface area contributed by atoms with Crippen LogP contribution in [-0.2, 0) is 0 Å². The number of fused-ring (bicyclic) bond motifs is 3. The molecule has 0 amide bonds. The Bertz CT molecular complexity index is 1460. The second-order valence-corrected chi connectivity index (χ2v) is 9.06. The highest BCUT2D eigenvalue weighted by atomic mass is 32.1. The van der Waals surface area contributed by atoms with Crippen LogP contribution >= 0.6 is 11.3 Å². The minimum absolute atomic E-state index is 0.256. The van der Waals surface area contributed by atoms with Crippen LogP contribution in [0.2, 0.25) is 0 Å².